The van der Waals surface area contributed by atoms with Gasteiger partial charge in [-0.25, -0.2) is 9.18 Å². The molecule has 154 valence electrons. The summed E-state index contributed by atoms with van der Waals surface area (Å²) >= 11 is 0. The first kappa shape index (κ1) is 19.6. The summed E-state index contributed by atoms with van der Waals surface area (Å²) in [7, 11) is 2.10. The van der Waals surface area contributed by atoms with Gasteiger partial charge >= 0.3 is 6.03 Å². The van der Waals surface area contributed by atoms with Gasteiger partial charge in [0.2, 0.25) is 0 Å². The van der Waals surface area contributed by atoms with E-state index in [1.54, 1.807) is 6.07 Å². The minimum atomic E-state index is -0.371. The third kappa shape index (κ3) is 4.85. The zero-order valence-electron chi connectivity index (χ0n) is 16.7. The highest BCUT2D eigenvalue weighted by molar-refractivity contribution is 5.74. The number of halogens is 1. The summed E-state index contributed by atoms with van der Waals surface area (Å²) in [6.45, 7) is 3.47. The van der Waals surface area contributed by atoms with E-state index in [1.165, 1.54) is 17.8 Å². The number of amides is 2. The van der Waals surface area contributed by atoms with Crippen LogP contribution >= 0.6 is 0 Å². The Balaban J connectivity index is 1.44. The molecule has 0 aliphatic carbocycles. The average molecular weight is 398 g/mol. The number of fused-ring (bicyclic) bond motifs is 1. The lowest BCUT2D eigenvalue weighted by molar-refractivity contribution is 0.126. The maximum Gasteiger partial charge on any atom is 0.318 e. The molecule has 29 heavy (non-hydrogen) atoms. The van der Waals surface area contributed by atoms with E-state index in [2.05, 4.69) is 28.3 Å². The predicted molar refractivity (Wildman–Crippen MR) is 108 cm³/mol. The van der Waals surface area contributed by atoms with Crippen molar-refractivity contribution in [1.29, 1.82) is 0 Å². The highest BCUT2D eigenvalue weighted by Gasteiger charge is 2.27. The van der Waals surface area contributed by atoms with E-state index in [9.17, 15) is 9.18 Å². The number of nitrogens with one attached hydrogen (secondary N) is 1. The summed E-state index contributed by atoms with van der Waals surface area (Å²) in [6, 6.07) is 9.13. The molecule has 0 saturated carbocycles. The lowest BCUT2D eigenvalue weighted by Crippen LogP contribution is -2.49. The number of benzene rings is 1. The summed E-state index contributed by atoms with van der Waals surface area (Å²) in [5.41, 5.74) is 2.94. The Labute approximate surface area is 170 Å². The van der Waals surface area contributed by atoms with Crippen molar-refractivity contribution in [3.05, 3.63) is 59.2 Å². The fraction of sp³-hybridized carbons (Fsp3) is 0.455. The summed E-state index contributed by atoms with van der Waals surface area (Å²) in [5, 5.41) is 3.06. The molecule has 0 spiro atoms. The van der Waals surface area contributed by atoms with Crippen molar-refractivity contribution in [2.75, 3.05) is 26.7 Å². The fourth-order valence-electron chi connectivity index (χ4n) is 3.98. The summed E-state index contributed by atoms with van der Waals surface area (Å²) < 4.78 is 18.8. The van der Waals surface area contributed by atoms with E-state index in [1.807, 2.05) is 17.0 Å². The van der Waals surface area contributed by atoms with Gasteiger partial charge in [-0.3, -0.25) is 4.98 Å². The van der Waals surface area contributed by atoms with Gasteiger partial charge in [-0.1, -0.05) is 12.1 Å². The quantitative estimate of drug-likeness (QED) is 0.841. The van der Waals surface area contributed by atoms with Crippen molar-refractivity contribution < 1.29 is 13.9 Å². The van der Waals surface area contributed by atoms with Gasteiger partial charge in [-0.05, 0) is 62.3 Å². The minimum Gasteiger partial charge on any atom is -0.493 e. The monoisotopic (exact) mass is 398 g/mol. The Kier molecular flexibility index (Phi) is 5.94. The molecular weight excluding hydrogens is 371 g/mol. The van der Waals surface area contributed by atoms with E-state index < -0.39 is 0 Å². The van der Waals surface area contributed by atoms with E-state index in [4.69, 9.17) is 4.74 Å². The molecular formula is C22H27FN4O2. The van der Waals surface area contributed by atoms with Crippen molar-refractivity contribution >= 4 is 6.03 Å². The summed E-state index contributed by atoms with van der Waals surface area (Å²) in [4.78, 5) is 21.3. The van der Waals surface area contributed by atoms with Crippen LogP contribution in [0.1, 0.15) is 29.7 Å². The van der Waals surface area contributed by atoms with Gasteiger partial charge in [0.05, 0.1) is 25.0 Å². The molecule has 2 amide bonds. The maximum absolute atomic E-state index is 13.2. The van der Waals surface area contributed by atoms with Gasteiger partial charge in [0, 0.05) is 19.0 Å². The van der Waals surface area contributed by atoms with Crippen molar-refractivity contribution in [1.82, 2.24) is 20.1 Å². The highest BCUT2D eigenvalue weighted by atomic mass is 19.1. The van der Waals surface area contributed by atoms with E-state index >= 15 is 0 Å². The van der Waals surface area contributed by atoms with Crippen LogP contribution in [0.3, 0.4) is 0 Å². The summed E-state index contributed by atoms with van der Waals surface area (Å²) in [6.07, 6.45) is 3.95. The SMILES string of the molecule is CN1CCC(N(Cc2ccc(F)cn2)C(=O)NCc2ccc3c(c2)CCO3)CC1. The molecule has 2 aliphatic rings. The molecule has 1 aromatic heterocycles. The van der Waals surface area contributed by atoms with Crippen LogP contribution in [-0.2, 0) is 19.5 Å². The number of urea groups is 1. The molecule has 0 bridgehead atoms. The number of carbonyl (C=O) groups is 1. The van der Waals surface area contributed by atoms with Crippen LogP contribution in [0, 0.1) is 5.82 Å². The lowest BCUT2D eigenvalue weighted by atomic mass is 10.0. The normalized spacial score (nSPS) is 16.9. The van der Waals surface area contributed by atoms with Gasteiger partial charge in [-0.2, -0.15) is 0 Å². The Bertz CT molecular complexity index is 850. The van der Waals surface area contributed by atoms with E-state index in [0.717, 1.165) is 50.3 Å². The lowest BCUT2D eigenvalue weighted by Gasteiger charge is -2.37. The number of pyridine rings is 1. The molecule has 0 atom stereocenters. The third-order valence-electron chi connectivity index (χ3n) is 5.71. The number of hydrogen-bond acceptors (Lipinski definition) is 4. The van der Waals surface area contributed by atoms with Gasteiger partial charge in [0.1, 0.15) is 11.6 Å². The minimum absolute atomic E-state index is 0.109. The Morgan fingerprint density at radius 1 is 1.31 bits per heavy atom. The Morgan fingerprint density at radius 3 is 2.90 bits per heavy atom. The number of piperidine rings is 1. The van der Waals surface area contributed by atoms with Crippen molar-refractivity contribution in [2.24, 2.45) is 0 Å². The van der Waals surface area contributed by atoms with Crippen LogP contribution in [-0.4, -0.2) is 53.6 Å². The second-order valence-electron chi connectivity index (χ2n) is 7.83. The van der Waals surface area contributed by atoms with Crippen LogP contribution in [0.5, 0.6) is 5.75 Å². The Morgan fingerprint density at radius 2 is 2.14 bits per heavy atom. The van der Waals surface area contributed by atoms with Crippen LogP contribution in [0.2, 0.25) is 0 Å². The van der Waals surface area contributed by atoms with Gasteiger partial charge in [-0.15, -0.1) is 0 Å². The van der Waals surface area contributed by atoms with E-state index in [0.29, 0.717) is 18.8 Å². The number of carbonyl (C=O) groups excluding carboxylic acids is 1. The molecule has 1 aromatic carbocycles. The zero-order valence-corrected chi connectivity index (χ0v) is 16.7. The molecule has 7 heteroatoms. The van der Waals surface area contributed by atoms with Gasteiger partial charge in [0.15, 0.2) is 0 Å². The highest BCUT2D eigenvalue weighted by Crippen LogP contribution is 2.26. The second kappa shape index (κ2) is 8.78. The number of ether oxygens (including phenoxy) is 1. The van der Waals surface area contributed by atoms with Crippen LogP contribution in [0.15, 0.2) is 36.5 Å². The number of hydrogen-bond donors (Lipinski definition) is 1. The zero-order chi connectivity index (χ0) is 20.2. The van der Waals surface area contributed by atoms with Gasteiger partial charge < -0.3 is 19.9 Å². The van der Waals surface area contributed by atoms with Gasteiger partial charge in [0.25, 0.3) is 0 Å². The Hall–Kier alpha value is -2.67. The molecule has 0 radical (unpaired) electrons. The van der Waals surface area contributed by atoms with Crippen LogP contribution < -0.4 is 10.1 Å². The van der Waals surface area contributed by atoms with E-state index in [-0.39, 0.29) is 17.9 Å². The molecule has 0 unspecified atom stereocenters. The molecule has 2 aromatic rings. The predicted octanol–water partition coefficient (Wildman–Crippen LogP) is 2.96. The van der Waals surface area contributed by atoms with Crippen molar-refractivity contribution in [3.63, 3.8) is 0 Å². The topological polar surface area (TPSA) is 57.7 Å². The molecule has 1 fully saturated rings. The summed E-state index contributed by atoms with van der Waals surface area (Å²) in [5.74, 6) is 0.569. The molecule has 2 aliphatic heterocycles. The molecule has 3 heterocycles. The number of likely N-dealkylation sites (tertiary alicyclic amines) is 1. The van der Waals surface area contributed by atoms with Crippen LogP contribution in [0.25, 0.3) is 0 Å². The molecule has 1 N–H and O–H groups in total. The first-order valence-electron chi connectivity index (χ1n) is 10.2. The molecule has 4 rings (SSSR count). The van der Waals surface area contributed by atoms with Crippen molar-refractivity contribution in [2.45, 2.75) is 38.4 Å². The largest absolute Gasteiger partial charge is 0.493 e. The second-order valence-corrected chi connectivity index (χ2v) is 7.83. The standard InChI is InChI=1S/C22H27FN4O2/c1-26-9-6-20(7-10-26)27(15-19-4-3-18(23)14-24-19)22(28)25-13-16-2-5-21-17(12-16)8-11-29-21/h2-5,12,14,20H,6-11,13,15H2,1H3,(H,25,28). The number of rotatable bonds is 5. The molecule has 6 nitrogen and oxygen atoms in total. The number of nitrogens with zero attached hydrogens (tertiary/aromatic N) is 3. The first-order chi connectivity index (χ1) is 14.1. The van der Waals surface area contributed by atoms with Crippen molar-refractivity contribution in [3.8, 4) is 5.75 Å². The first-order valence-corrected chi connectivity index (χ1v) is 10.2. The maximum atomic E-state index is 13.2. The van der Waals surface area contributed by atoms with Crippen LogP contribution in [0.4, 0.5) is 9.18 Å². The average Bonchev–Trinajstić information content (AvgIpc) is 3.20. The third-order valence-corrected chi connectivity index (χ3v) is 5.71. The molecule has 1 saturated heterocycles. The fourth-order valence-corrected chi connectivity index (χ4v) is 3.98. The smallest absolute Gasteiger partial charge is 0.318 e. The number of aromatic nitrogens is 1.